The van der Waals surface area contributed by atoms with E-state index < -0.39 is 15.6 Å². The van der Waals surface area contributed by atoms with Crippen molar-refractivity contribution in [2.24, 2.45) is 10.4 Å². The van der Waals surface area contributed by atoms with E-state index in [2.05, 4.69) is 96.6 Å². The summed E-state index contributed by atoms with van der Waals surface area (Å²) in [7, 11) is -3.94. The van der Waals surface area contributed by atoms with Gasteiger partial charge in [-0.15, -0.1) is 0 Å². The molecule has 0 spiro atoms. The van der Waals surface area contributed by atoms with Crippen LogP contribution in [0.25, 0.3) is 33.4 Å². The molecule has 270 valence electrons. The van der Waals surface area contributed by atoms with E-state index in [1.54, 1.807) is 12.1 Å². The predicted octanol–water partition coefficient (Wildman–Crippen LogP) is 11.5. The molecule has 0 aromatic heterocycles. The first kappa shape index (κ1) is 37.1. The minimum Gasteiger partial charge on any atom is -0.456 e. The molecule has 2 N–H and O–H groups in total. The normalized spacial score (nSPS) is 12.9. The number of aryl methyl sites for hydroxylation is 6. The molecule has 52 heavy (non-hydrogen) atoms. The van der Waals surface area contributed by atoms with Crippen LogP contribution in [0.2, 0.25) is 0 Å². The second kappa shape index (κ2) is 13.7. The standard InChI is InChI=1S/C45H51N3O3S/c1-27-20-29(3)42(30(4)21-27)46-33-16-18-35-38(24-33)51-39-25-34(47-43-31(5)22-28(2)23-32(43)6)17-19-36(39)41(35)37-14-12-13-15-40(37)52(49,50)48-45(10,11)26-44(7,8)9/h12-25,46,48H,26H2,1-11H3. The van der Waals surface area contributed by atoms with Gasteiger partial charge in [-0.25, -0.2) is 18.1 Å². The van der Waals surface area contributed by atoms with E-state index in [1.807, 2.05) is 62.4 Å². The molecule has 1 heterocycles. The summed E-state index contributed by atoms with van der Waals surface area (Å²) in [5.74, 6) is 0.610. The summed E-state index contributed by atoms with van der Waals surface area (Å²) >= 11 is 0. The Bertz CT molecular complexity index is 2440. The van der Waals surface area contributed by atoms with Crippen molar-refractivity contribution < 1.29 is 12.8 Å². The topological polar surface area (TPSA) is 83.7 Å². The van der Waals surface area contributed by atoms with Crippen LogP contribution in [0.3, 0.4) is 0 Å². The molecule has 0 saturated heterocycles. The maximum Gasteiger partial charge on any atom is 0.241 e. The lowest BCUT2D eigenvalue weighted by Crippen LogP contribution is -2.45. The van der Waals surface area contributed by atoms with Crippen molar-refractivity contribution in [3.8, 4) is 22.5 Å². The first-order chi connectivity index (χ1) is 24.3. The van der Waals surface area contributed by atoms with E-state index in [0.29, 0.717) is 23.3 Å². The van der Waals surface area contributed by atoms with Crippen LogP contribution in [0.1, 0.15) is 74.4 Å². The van der Waals surface area contributed by atoms with Crippen molar-refractivity contribution in [1.29, 1.82) is 0 Å². The van der Waals surface area contributed by atoms with Crippen LogP contribution in [0, 0.1) is 47.0 Å². The van der Waals surface area contributed by atoms with Gasteiger partial charge in [0.2, 0.25) is 10.0 Å². The molecular formula is C45H51N3O3S. The van der Waals surface area contributed by atoms with Crippen LogP contribution < -0.4 is 15.4 Å². The van der Waals surface area contributed by atoms with Crippen LogP contribution in [0.4, 0.5) is 17.1 Å². The van der Waals surface area contributed by atoms with E-state index >= 15 is 0 Å². The summed E-state index contributed by atoms with van der Waals surface area (Å²) in [6, 6.07) is 27.9. The van der Waals surface area contributed by atoms with Crippen molar-refractivity contribution in [1.82, 2.24) is 4.72 Å². The number of rotatable bonds is 8. The van der Waals surface area contributed by atoms with E-state index in [0.717, 1.165) is 61.2 Å². The van der Waals surface area contributed by atoms with Gasteiger partial charge in [-0.05, 0) is 120 Å². The fourth-order valence-corrected chi connectivity index (χ4v) is 9.63. The fraction of sp³-hybridized carbons (Fsp3) is 0.311. The molecule has 0 atom stereocenters. The van der Waals surface area contributed by atoms with Gasteiger partial charge in [0.1, 0.15) is 11.3 Å². The highest BCUT2D eigenvalue weighted by molar-refractivity contribution is 7.89. The quantitative estimate of drug-likeness (QED) is 0.154. The average Bonchev–Trinajstić information content (AvgIpc) is 3.01. The number of benzene rings is 5. The van der Waals surface area contributed by atoms with Gasteiger partial charge in [0.25, 0.3) is 0 Å². The molecule has 2 aliphatic rings. The van der Waals surface area contributed by atoms with Gasteiger partial charge < -0.3 is 9.73 Å². The number of sulfonamides is 1. The second-order valence-electron chi connectivity index (χ2n) is 16.3. The molecule has 0 unspecified atom stereocenters. The summed E-state index contributed by atoms with van der Waals surface area (Å²) in [6.07, 6.45) is 0.666. The monoisotopic (exact) mass is 713 g/mol. The van der Waals surface area contributed by atoms with E-state index in [4.69, 9.17) is 9.41 Å². The minimum absolute atomic E-state index is 0.0707. The zero-order valence-electron chi connectivity index (χ0n) is 32.4. The van der Waals surface area contributed by atoms with E-state index in [9.17, 15) is 8.42 Å². The SMILES string of the molecule is Cc1cc(C)c(N=c2ccc3c(-c4ccccc4S(=O)(=O)NC(C)(C)CC(C)(C)C)c4ccc(Nc5c(C)cc(C)cc5C)cc4oc-3c2)c(C)c1. The first-order valence-electron chi connectivity index (χ1n) is 17.9. The molecule has 0 saturated carbocycles. The molecule has 7 heteroatoms. The number of anilines is 2. The molecule has 1 aliphatic carbocycles. The van der Waals surface area contributed by atoms with Gasteiger partial charge in [-0.1, -0.05) is 74.4 Å². The van der Waals surface area contributed by atoms with E-state index in [1.165, 1.54) is 11.1 Å². The number of nitrogens with zero attached hydrogens (tertiary/aromatic N) is 1. The molecule has 1 aliphatic heterocycles. The number of fused-ring (bicyclic) bond motifs is 2. The Kier molecular flexibility index (Phi) is 9.75. The molecule has 4 aromatic rings. The van der Waals surface area contributed by atoms with Gasteiger partial charge in [0.05, 0.1) is 15.9 Å². The Morgan fingerprint density at radius 2 is 1.31 bits per heavy atom. The summed E-state index contributed by atoms with van der Waals surface area (Å²) < 4.78 is 38.4. The fourth-order valence-electron chi connectivity index (χ4n) is 8.00. The Hall–Kier alpha value is -4.72. The molecule has 0 bridgehead atoms. The smallest absolute Gasteiger partial charge is 0.241 e. The summed E-state index contributed by atoms with van der Waals surface area (Å²) in [4.78, 5) is 5.28. The highest BCUT2D eigenvalue weighted by Gasteiger charge is 2.32. The Morgan fingerprint density at radius 1 is 0.692 bits per heavy atom. The first-order valence-corrected chi connectivity index (χ1v) is 19.4. The molecule has 0 amide bonds. The van der Waals surface area contributed by atoms with Crippen molar-refractivity contribution in [3.63, 3.8) is 0 Å². The van der Waals surface area contributed by atoms with Gasteiger partial charge in [-0.2, -0.15) is 0 Å². The predicted molar refractivity (Wildman–Crippen MR) is 217 cm³/mol. The van der Waals surface area contributed by atoms with Crippen molar-refractivity contribution >= 4 is 38.1 Å². The number of hydrogen-bond donors (Lipinski definition) is 2. The number of nitrogens with one attached hydrogen (secondary N) is 2. The van der Waals surface area contributed by atoms with Gasteiger partial charge >= 0.3 is 0 Å². The van der Waals surface area contributed by atoms with Crippen LogP contribution in [0.5, 0.6) is 0 Å². The van der Waals surface area contributed by atoms with Crippen LogP contribution >= 0.6 is 0 Å². The summed E-state index contributed by atoms with van der Waals surface area (Å²) in [5, 5.41) is 5.18. The maximum absolute atomic E-state index is 14.3. The highest BCUT2D eigenvalue weighted by Crippen LogP contribution is 2.43. The molecule has 6 nitrogen and oxygen atoms in total. The molecule has 0 fully saturated rings. The van der Waals surface area contributed by atoms with Crippen molar-refractivity contribution in [2.45, 2.75) is 93.0 Å². The van der Waals surface area contributed by atoms with Crippen molar-refractivity contribution in [2.75, 3.05) is 5.32 Å². The molecule has 4 aromatic carbocycles. The molecular weight excluding hydrogens is 663 g/mol. The lowest BCUT2D eigenvalue weighted by Gasteiger charge is -2.33. The van der Waals surface area contributed by atoms with Gasteiger partial charge in [-0.3, -0.25) is 0 Å². The lowest BCUT2D eigenvalue weighted by atomic mass is 9.82. The third-order valence-corrected chi connectivity index (χ3v) is 11.1. The summed E-state index contributed by atoms with van der Waals surface area (Å²) in [5.41, 5.74) is 11.9. The zero-order chi connectivity index (χ0) is 37.7. The maximum atomic E-state index is 14.3. The van der Waals surface area contributed by atoms with Crippen LogP contribution in [-0.2, 0) is 10.0 Å². The van der Waals surface area contributed by atoms with Gasteiger partial charge in [0.15, 0.2) is 0 Å². The third-order valence-electron chi connectivity index (χ3n) is 9.36. The average molecular weight is 714 g/mol. The highest BCUT2D eigenvalue weighted by atomic mass is 32.2. The van der Waals surface area contributed by atoms with Gasteiger partial charge in [0, 0.05) is 51.1 Å². The molecule has 0 radical (unpaired) electrons. The Morgan fingerprint density at radius 3 is 1.94 bits per heavy atom. The minimum atomic E-state index is -3.94. The second-order valence-corrected chi connectivity index (χ2v) is 18.0. The molecule has 6 rings (SSSR count). The summed E-state index contributed by atoms with van der Waals surface area (Å²) in [6.45, 7) is 22.8. The van der Waals surface area contributed by atoms with E-state index in [-0.39, 0.29) is 10.3 Å². The van der Waals surface area contributed by atoms with Crippen molar-refractivity contribution in [3.05, 3.63) is 124 Å². The zero-order valence-corrected chi connectivity index (χ0v) is 33.2. The Balaban J connectivity index is 1.59. The number of hydrogen-bond acceptors (Lipinski definition) is 5. The van der Waals surface area contributed by atoms with Crippen LogP contribution in [-0.4, -0.2) is 14.0 Å². The Labute approximate surface area is 309 Å². The van der Waals surface area contributed by atoms with Crippen LogP contribution in [0.15, 0.2) is 99.2 Å². The lowest BCUT2D eigenvalue weighted by molar-refractivity contribution is 0.269. The third kappa shape index (κ3) is 7.86. The largest absolute Gasteiger partial charge is 0.456 e.